The first-order chi connectivity index (χ1) is 8.61. The Labute approximate surface area is 108 Å². The average Bonchev–Trinajstić information content (AvgIpc) is 2.28. The number of carbonyl (C=O) groups is 2. The van der Waals surface area contributed by atoms with E-state index in [4.69, 9.17) is 4.74 Å². The zero-order valence-corrected chi connectivity index (χ0v) is 11.3. The molecule has 4 heteroatoms. The molecule has 0 bridgehead atoms. The predicted molar refractivity (Wildman–Crippen MR) is 67.9 cm³/mol. The molecule has 1 spiro atoms. The highest BCUT2D eigenvalue weighted by atomic mass is 16.5. The van der Waals surface area contributed by atoms with Crippen LogP contribution in [0.2, 0.25) is 0 Å². The predicted octanol–water partition coefficient (Wildman–Crippen LogP) is 2.02. The number of piperidine rings is 1. The third kappa shape index (κ3) is 2.44. The van der Waals surface area contributed by atoms with Gasteiger partial charge in [0.25, 0.3) is 0 Å². The standard InChI is InChI=1S/C14H23NO3/c1-3-5-10-8-14(6-7-18-10)9-12(16)15-13(17)11(14)4-2/h10-11H,3-9H2,1-2H3,(H,15,16,17). The summed E-state index contributed by atoms with van der Waals surface area (Å²) in [5, 5.41) is 2.48. The lowest BCUT2D eigenvalue weighted by Crippen LogP contribution is -2.55. The first-order valence-electron chi connectivity index (χ1n) is 7.06. The highest BCUT2D eigenvalue weighted by molar-refractivity contribution is 5.99. The minimum absolute atomic E-state index is 0.0292. The Bertz CT molecular complexity index is 340. The fourth-order valence-electron chi connectivity index (χ4n) is 3.64. The maximum absolute atomic E-state index is 12.0. The average molecular weight is 253 g/mol. The van der Waals surface area contributed by atoms with Crippen LogP contribution in [-0.4, -0.2) is 24.5 Å². The van der Waals surface area contributed by atoms with Gasteiger partial charge in [0.15, 0.2) is 0 Å². The zero-order chi connectivity index (χ0) is 13.2. The van der Waals surface area contributed by atoms with Crippen LogP contribution in [0.3, 0.4) is 0 Å². The number of carbonyl (C=O) groups excluding carboxylic acids is 2. The maximum Gasteiger partial charge on any atom is 0.230 e. The van der Waals surface area contributed by atoms with Crippen LogP contribution in [-0.2, 0) is 14.3 Å². The molecule has 4 nitrogen and oxygen atoms in total. The number of amides is 2. The monoisotopic (exact) mass is 253 g/mol. The largest absolute Gasteiger partial charge is 0.378 e. The van der Waals surface area contributed by atoms with E-state index in [1.165, 1.54) is 0 Å². The molecule has 3 unspecified atom stereocenters. The van der Waals surface area contributed by atoms with Crippen molar-refractivity contribution in [2.75, 3.05) is 6.61 Å². The molecule has 0 aromatic heterocycles. The lowest BCUT2D eigenvalue weighted by atomic mass is 9.63. The summed E-state index contributed by atoms with van der Waals surface area (Å²) in [7, 11) is 0. The Kier molecular flexibility index (Phi) is 4.05. The zero-order valence-electron chi connectivity index (χ0n) is 11.3. The maximum atomic E-state index is 12.0. The summed E-state index contributed by atoms with van der Waals surface area (Å²) in [6.07, 6.45) is 5.31. The summed E-state index contributed by atoms with van der Waals surface area (Å²) in [6.45, 7) is 4.86. The number of imide groups is 1. The lowest BCUT2D eigenvalue weighted by Gasteiger charge is -2.47. The molecule has 0 aromatic rings. The van der Waals surface area contributed by atoms with E-state index in [-0.39, 0.29) is 29.3 Å². The normalized spacial score (nSPS) is 36.8. The van der Waals surface area contributed by atoms with Crippen molar-refractivity contribution < 1.29 is 14.3 Å². The second-order valence-electron chi connectivity index (χ2n) is 5.65. The summed E-state index contributed by atoms with van der Waals surface area (Å²) in [4.78, 5) is 23.7. The lowest BCUT2D eigenvalue weighted by molar-refractivity contribution is -0.153. The Hall–Kier alpha value is -0.900. The van der Waals surface area contributed by atoms with Gasteiger partial charge in [-0.05, 0) is 31.1 Å². The fourth-order valence-corrected chi connectivity index (χ4v) is 3.64. The Morgan fingerprint density at radius 3 is 2.83 bits per heavy atom. The highest BCUT2D eigenvalue weighted by Gasteiger charge is 2.49. The van der Waals surface area contributed by atoms with Crippen molar-refractivity contribution in [3.8, 4) is 0 Å². The van der Waals surface area contributed by atoms with Gasteiger partial charge < -0.3 is 4.74 Å². The van der Waals surface area contributed by atoms with Crippen LogP contribution in [0.4, 0.5) is 0 Å². The molecule has 2 rings (SSSR count). The molecular formula is C14H23NO3. The van der Waals surface area contributed by atoms with Crippen molar-refractivity contribution in [2.45, 2.75) is 58.5 Å². The molecule has 0 saturated carbocycles. The van der Waals surface area contributed by atoms with Gasteiger partial charge in [0.2, 0.25) is 11.8 Å². The molecule has 2 heterocycles. The van der Waals surface area contributed by atoms with Gasteiger partial charge >= 0.3 is 0 Å². The molecule has 3 atom stereocenters. The van der Waals surface area contributed by atoms with Gasteiger partial charge in [-0.25, -0.2) is 0 Å². The molecule has 0 radical (unpaired) electrons. The van der Waals surface area contributed by atoms with Crippen molar-refractivity contribution in [1.82, 2.24) is 5.32 Å². The van der Waals surface area contributed by atoms with Crippen molar-refractivity contribution >= 4 is 11.8 Å². The molecule has 2 amide bonds. The Balaban J connectivity index is 2.19. The van der Waals surface area contributed by atoms with Crippen LogP contribution in [0.5, 0.6) is 0 Å². The molecule has 1 N–H and O–H groups in total. The molecule has 0 aliphatic carbocycles. The van der Waals surface area contributed by atoms with Gasteiger partial charge in [0, 0.05) is 18.9 Å². The van der Waals surface area contributed by atoms with E-state index in [9.17, 15) is 9.59 Å². The smallest absolute Gasteiger partial charge is 0.230 e. The highest BCUT2D eigenvalue weighted by Crippen LogP contribution is 2.47. The van der Waals surface area contributed by atoms with Crippen molar-refractivity contribution in [2.24, 2.45) is 11.3 Å². The van der Waals surface area contributed by atoms with Crippen LogP contribution >= 0.6 is 0 Å². The van der Waals surface area contributed by atoms with Gasteiger partial charge in [-0.2, -0.15) is 0 Å². The second kappa shape index (κ2) is 5.39. The van der Waals surface area contributed by atoms with Gasteiger partial charge in [0.1, 0.15) is 0 Å². The van der Waals surface area contributed by atoms with E-state index in [2.05, 4.69) is 12.2 Å². The number of ether oxygens (including phenoxy) is 1. The third-order valence-corrected chi connectivity index (χ3v) is 4.44. The Morgan fingerprint density at radius 2 is 2.17 bits per heavy atom. The minimum atomic E-state index is -0.147. The van der Waals surface area contributed by atoms with Crippen LogP contribution in [0, 0.1) is 11.3 Å². The molecule has 2 fully saturated rings. The van der Waals surface area contributed by atoms with E-state index in [1.807, 2.05) is 6.92 Å². The summed E-state index contributed by atoms with van der Waals surface area (Å²) in [5.74, 6) is -0.216. The first-order valence-corrected chi connectivity index (χ1v) is 7.06. The summed E-state index contributed by atoms with van der Waals surface area (Å²) in [6, 6.07) is 0. The van der Waals surface area contributed by atoms with E-state index in [1.54, 1.807) is 0 Å². The number of rotatable bonds is 3. The number of nitrogens with one attached hydrogen (secondary N) is 1. The number of hydrogen-bond acceptors (Lipinski definition) is 3. The molecule has 102 valence electrons. The summed E-state index contributed by atoms with van der Waals surface area (Å²) >= 11 is 0. The van der Waals surface area contributed by atoms with Crippen molar-refractivity contribution in [3.05, 3.63) is 0 Å². The minimum Gasteiger partial charge on any atom is -0.378 e. The first kappa shape index (κ1) is 13.5. The number of hydrogen-bond donors (Lipinski definition) is 1. The summed E-state index contributed by atoms with van der Waals surface area (Å²) < 4.78 is 5.77. The van der Waals surface area contributed by atoms with E-state index < -0.39 is 0 Å². The SMILES string of the molecule is CCCC1CC2(CCO1)CC(=O)NC(=O)C2CC. The molecule has 2 aliphatic heterocycles. The van der Waals surface area contributed by atoms with Crippen molar-refractivity contribution in [3.63, 3.8) is 0 Å². The fraction of sp³-hybridized carbons (Fsp3) is 0.857. The quantitative estimate of drug-likeness (QED) is 0.783. The van der Waals surface area contributed by atoms with Crippen LogP contribution in [0.25, 0.3) is 0 Å². The van der Waals surface area contributed by atoms with Crippen LogP contribution in [0.15, 0.2) is 0 Å². The van der Waals surface area contributed by atoms with Crippen molar-refractivity contribution in [1.29, 1.82) is 0 Å². The van der Waals surface area contributed by atoms with Gasteiger partial charge in [0.05, 0.1) is 6.10 Å². The van der Waals surface area contributed by atoms with Gasteiger partial charge in [-0.15, -0.1) is 0 Å². The molecule has 0 aromatic carbocycles. The van der Waals surface area contributed by atoms with E-state index >= 15 is 0 Å². The van der Waals surface area contributed by atoms with E-state index in [0.29, 0.717) is 13.0 Å². The van der Waals surface area contributed by atoms with Crippen LogP contribution in [0.1, 0.15) is 52.4 Å². The summed E-state index contributed by atoms with van der Waals surface area (Å²) in [5.41, 5.74) is -0.147. The van der Waals surface area contributed by atoms with E-state index in [0.717, 1.165) is 32.1 Å². The molecule has 18 heavy (non-hydrogen) atoms. The Morgan fingerprint density at radius 1 is 1.39 bits per heavy atom. The van der Waals surface area contributed by atoms with Gasteiger partial charge in [-0.1, -0.05) is 20.3 Å². The topological polar surface area (TPSA) is 55.4 Å². The second-order valence-corrected chi connectivity index (χ2v) is 5.65. The van der Waals surface area contributed by atoms with Gasteiger partial charge in [-0.3, -0.25) is 14.9 Å². The van der Waals surface area contributed by atoms with Crippen LogP contribution < -0.4 is 5.32 Å². The molecular weight excluding hydrogens is 230 g/mol. The molecule has 2 aliphatic rings. The third-order valence-electron chi connectivity index (χ3n) is 4.44. The molecule has 2 saturated heterocycles.